The molecule has 2 rings (SSSR count). The molecule has 0 bridgehead atoms. The van der Waals surface area contributed by atoms with Crippen molar-refractivity contribution in [1.29, 1.82) is 0 Å². The van der Waals surface area contributed by atoms with Gasteiger partial charge in [-0.1, -0.05) is 0 Å². The van der Waals surface area contributed by atoms with Gasteiger partial charge in [0, 0.05) is 32.2 Å². The van der Waals surface area contributed by atoms with Gasteiger partial charge in [0.25, 0.3) is 0 Å². The predicted octanol–water partition coefficient (Wildman–Crippen LogP) is 1.79. The minimum Gasteiger partial charge on any atom is -0.373 e. The van der Waals surface area contributed by atoms with E-state index < -0.39 is 0 Å². The Morgan fingerprint density at radius 1 is 1.16 bits per heavy atom. The van der Waals surface area contributed by atoms with Gasteiger partial charge in [0.15, 0.2) is 0 Å². The number of nitrogens with one attached hydrogen (secondary N) is 2. The van der Waals surface area contributed by atoms with Crippen LogP contribution in [0, 0.1) is 6.92 Å². The minimum absolute atomic E-state index is 0.587. The molecule has 0 atom stereocenters. The van der Waals surface area contributed by atoms with Crippen LogP contribution in [0.4, 0.5) is 11.6 Å². The molecule has 0 radical (unpaired) electrons. The minimum atomic E-state index is 0.587. The first-order chi connectivity index (χ1) is 9.13. The lowest BCUT2D eigenvalue weighted by atomic mass is 9.90. The highest BCUT2D eigenvalue weighted by Crippen LogP contribution is 2.26. The second-order valence-electron chi connectivity index (χ2n) is 5.31. The summed E-state index contributed by atoms with van der Waals surface area (Å²) in [6.45, 7) is 1.94. The third-order valence-corrected chi connectivity index (χ3v) is 4.09. The molecule has 1 aromatic rings. The van der Waals surface area contributed by atoms with Gasteiger partial charge in [-0.25, -0.2) is 9.97 Å². The zero-order valence-electron chi connectivity index (χ0n) is 12.4. The summed E-state index contributed by atoms with van der Waals surface area (Å²) in [6, 6.07) is 3.30. The van der Waals surface area contributed by atoms with Crippen LogP contribution in [-0.4, -0.2) is 43.2 Å². The number of nitrogens with zero attached hydrogens (tertiary/aromatic N) is 3. The number of anilines is 2. The first-order valence-corrected chi connectivity index (χ1v) is 7.07. The molecule has 1 heterocycles. The highest BCUT2D eigenvalue weighted by molar-refractivity contribution is 5.49. The number of hydrogen-bond donors (Lipinski definition) is 2. The van der Waals surface area contributed by atoms with Crippen LogP contribution in [0.15, 0.2) is 6.07 Å². The molecule has 0 aromatic carbocycles. The van der Waals surface area contributed by atoms with E-state index in [0.717, 1.165) is 17.5 Å². The summed E-state index contributed by atoms with van der Waals surface area (Å²) in [5, 5.41) is 6.47. The fourth-order valence-electron chi connectivity index (χ4n) is 2.80. The van der Waals surface area contributed by atoms with Crippen LogP contribution in [0.5, 0.6) is 0 Å². The summed E-state index contributed by atoms with van der Waals surface area (Å²) >= 11 is 0. The van der Waals surface area contributed by atoms with E-state index in [-0.39, 0.29) is 0 Å². The average Bonchev–Trinajstić information content (AvgIpc) is 2.46. The predicted molar refractivity (Wildman–Crippen MR) is 79.8 cm³/mol. The Morgan fingerprint density at radius 2 is 1.84 bits per heavy atom. The molecule has 0 unspecified atom stereocenters. The Hall–Kier alpha value is -1.36. The van der Waals surface area contributed by atoms with Crippen LogP contribution in [-0.2, 0) is 0 Å². The summed E-state index contributed by atoms with van der Waals surface area (Å²) in [6.07, 6.45) is 4.93. The number of aromatic nitrogens is 2. The summed E-state index contributed by atoms with van der Waals surface area (Å²) in [5.74, 6) is 2.72. The zero-order valence-corrected chi connectivity index (χ0v) is 12.4. The molecule has 5 heteroatoms. The molecule has 0 amide bonds. The molecular weight excluding hydrogens is 238 g/mol. The summed E-state index contributed by atoms with van der Waals surface area (Å²) < 4.78 is 0. The zero-order chi connectivity index (χ0) is 13.8. The lowest BCUT2D eigenvalue weighted by Gasteiger charge is -2.35. The smallest absolute Gasteiger partial charge is 0.134 e. The van der Waals surface area contributed by atoms with Gasteiger partial charge in [0.05, 0.1) is 0 Å². The van der Waals surface area contributed by atoms with E-state index in [1.165, 1.54) is 25.7 Å². The Bertz CT molecular complexity index is 412. The van der Waals surface area contributed by atoms with E-state index in [0.29, 0.717) is 12.1 Å². The molecule has 1 saturated carbocycles. The van der Waals surface area contributed by atoms with Crippen molar-refractivity contribution in [2.45, 2.75) is 44.7 Å². The van der Waals surface area contributed by atoms with Crippen molar-refractivity contribution in [2.24, 2.45) is 0 Å². The fraction of sp³-hybridized carbons (Fsp3) is 0.714. The van der Waals surface area contributed by atoms with Crippen molar-refractivity contribution in [3.05, 3.63) is 11.9 Å². The molecule has 2 N–H and O–H groups in total. The van der Waals surface area contributed by atoms with Gasteiger partial charge in [-0.05, 0) is 39.7 Å². The standard InChI is InChI=1S/C14H25N5/c1-10-17-13(16-3)9-14(18-10)19(4)12-7-5-11(15-2)6-8-12/h9,11-12,15H,5-8H2,1-4H3,(H,16,17,18). The van der Waals surface area contributed by atoms with E-state index >= 15 is 0 Å². The molecular formula is C14H25N5. The number of hydrogen-bond acceptors (Lipinski definition) is 5. The maximum Gasteiger partial charge on any atom is 0.134 e. The summed E-state index contributed by atoms with van der Waals surface area (Å²) in [4.78, 5) is 11.2. The second kappa shape index (κ2) is 6.19. The molecule has 0 aliphatic heterocycles. The van der Waals surface area contributed by atoms with Gasteiger partial charge in [-0.2, -0.15) is 0 Å². The maximum absolute atomic E-state index is 4.56. The molecule has 1 fully saturated rings. The van der Waals surface area contributed by atoms with Gasteiger partial charge < -0.3 is 15.5 Å². The number of aryl methyl sites for hydroxylation is 1. The van der Waals surface area contributed by atoms with Crippen LogP contribution < -0.4 is 15.5 Å². The summed E-state index contributed by atoms with van der Waals surface area (Å²) in [5.41, 5.74) is 0. The highest BCUT2D eigenvalue weighted by atomic mass is 15.2. The molecule has 0 saturated heterocycles. The van der Waals surface area contributed by atoms with Crippen molar-refractivity contribution in [2.75, 3.05) is 31.4 Å². The van der Waals surface area contributed by atoms with E-state index in [4.69, 9.17) is 0 Å². The molecule has 106 valence electrons. The van der Waals surface area contributed by atoms with Crippen molar-refractivity contribution in [3.8, 4) is 0 Å². The van der Waals surface area contributed by atoms with Gasteiger partial charge in [0.2, 0.25) is 0 Å². The number of rotatable bonds is 4. The van der Waals surface area contributed by atoms with Crippen LogP contribution in [0.25, 0.3) is 0 Å². The Morgan fingerprint density at radius 3 is 2.42 bits per heavy atom. The topological polar surface area (TPSA) is 53.1 Å². The van der Waals surface area contributed by atoms with Gasteiger partial charge >= 0.3 is 0 Å². The first kappa shape index (κ1) is 14.1. The van der Waals surface area contributed by atoms with Crippen LogP contribution in [0.2, 0.25) is 0 Å². The quantitative estimate of drug-likeness (QED) is 0.867. The van der Waals surface area contributed by atoms with Gasteiger partial charge in [-0.3, -0.25) is 0 Å². The highest BCUT2D eigenvalue weighted by Gasteiger charge is 2.24. The molecule has 1 aliphatic carbocycles. The Labute approximate surface area is 115 Å². The largest absolute Gasteiger partial charge is 0.373 e. The fourth-order valence-corrected chi connectivity index (χ4v) is 2.80. The van der Waals surface area contributed by atoms with Gasteiger partial charge in [-0.15, -0.1) is 0 Å². The monoisotopic (exact) mass is 263 g/mol. The van der Waals surface area contributed by atoms with Crippen molar-refractivity contribution in [3.63, 3.8) is 0 Å². The molecule has 1 aromatic heterocycles. The third-order valence-electron chi connectivity index (χ3n) is 4.09. The van der Waals surface area contributed by atoms with Crippen molar-refractivity contribution >= 4 is 11.6 Å². The summed E-state index contributed by atoms with van der Waals surface area (Å²) in [7, 11) is 6.09. The molecule has 19 heavy (non-hydrogen) atoms. The Kier molecular flexibility index (Phi) is 4.58. The molecule has 5 nitrogen and oxygen atoms in total. The van der Waals surface area contributed by atoms with Crippen molar-refractivity contribution < 1.29 is 0 Å². The van der Waals surface area contributed by atoms with E-state index in [1.807, 2.05) is 20.0 Å². The molecule has 1 aliphatic rings. The first-order valence-electron chi connectivity index (χ1n) is 7.07. The van der Waals surface area contributed by atoms with E-state index in [9.17, 15) is 0 Å². The van der Waals surface area contributed by atoms with Crippen molar-refractivity contribution in [1.82, 2.24) is 15.3 Å². The lowest BCUT2D eigenvalue weighted by molar-refractivity contribution is 0.350. The third kappa shape index (κ3) is 3.35. The second-order valence-corrected chi connectivity index (χ2v) is 5.31. The van der Waals surface area contributed by atoms with Gasteiger partial charge in [0.1, 0.15) is 17.5 Å². The SMILES string of the molecule is CNc1cc(N(C)C2CCC(NC)CC2)nc(C)n1. The Balaban J connectivity index is 2.07. The van der Waals surface area contributed by atoms with E-state index in [2.05, 4.69) is 39.6 Å². The average molecular weight is 263 g/mol. The normalized spacial score (nSPS) is 23.2. The van der Waals surface area contributed by atoms with E-state index in [1.54, 1.807) is 0 Å². The molecule has 0 spiro atoms. The van der Waals surface area contributed by atoms with Crippen LogP contribution in [0.1, 0.15) is 31.5 Å². The van der Waals surface area contributed by atoms with Crippen LogP contribution >= 0.6 is 0 Å². The maximum atomic E-state index is 4.56. The lowest BCUT2D eigenvalue weighted by Crippen LogP contribution is -2.40. The van der Waals surface area contributed by atoms with Crippen LogP contribution in [0.3, 0.4) is 0 Å².